The summed E-state index contributed by atoms with van der Waals surface area (Å²) in [5, 5.41) is 9.78. The van der Waals surface area contributed by atoms with Gasteiger partial charge in [0.2, 0.25) is 0 Å². The van der Waals surface area contributed by atoms with Gasteiger partial charge in [-0.25, -0.2) is 0 Å². The summed E-state index contributed by atoms with van der Waals surface area (Å²) in [6.45, 7) is 2.17. The van der Waals surface area contributed by atoms with Gasteiger partial charge in [-0.2, -0.15) is 0 Å². The van der Waals surface area contributed by atoms with Crippen LogP contribution in [0.4, 0.5) is 0 Å². The summed E-state index contributed by atoms with van der Waals surface area (Å²) in [5.74, 6) is 0.590. The maximum atomic E-state index is 11.1. The number of benzene rings is 2. The maximum Gasteiger partial charge on any atom is 0.306 e. The zero-order valence-electron chi connectivity index (χ0n) is 13.3. The fourth-order valence-corrected chi connectivity index (χ4v) is 3.19. The van der Waals surface area contributed by atoms with E-state index in [-0.39, 0.29) is 5.92 Å². The van der Waals surface area contributed by atoms with Gasteiger partial charge in [-0.1, -0.05) is 35.9 Å². The summed E-state index contributed by atoms with van der Waals surface area (Å²) in [6, 6.07) is 15.3. The van der Waals surface area contributed by atoms with Gasteiger partial charge in [0.15, 0.2) is 0 Å². The zero-order chi connectivity index (χ0) is 16.9. The summed E-state index contributed by atoms with van der Waals surface area (Å²) in [5.41, 5.74) is 0.941. The minimum Gasteiger partial charge on any atom is -0.481 e. The molecule has 0 spiro atoms. The molecule has 1 fully saturated rings. The maximum absolute atomic E-state index is 11.1. The first-order chi connectivity index (χ1) is 11.6. The quantitative estimate of drug-likeness (QED) is 0.871. The minimum atomic E-state index is -0.694. The van der Waals surface area contributed by atoms with E-state index >= 15 is 0 Å². The molecule has 0 amide bonds. The Hall–Kier alpha value is -2.04. The number of likely N-dealkylation sites (tertiary alicyclic amines) is 1. The van der Waals surface area contributed by atoms with Crippen molar-refractivity contribution in [3.8, 4) is 11.5 Å². The van der Waals surface area contributed by atoms with Gasteiger partial charge in [0, 0.05) is 17.1 Å². The number of hydrogen-bond donors (Lipinski definition) is 1. The summed E-state index contributed by atoms with van der Waals surface area (Å²) < 4.78 is 5.99. The predicted molar refractivity (Wildman–Crippen MR) is 93.6 cm³/mol. The van der Waals surface area contributed by atoms with Crippen molar-refractivity contribution >= 4 is 17.6 Å². The lowest BCUT2D eigenvalue weighted by atomic mass is 9.97. The molecule has 0 atom stereocenters. The predicted octanol–water partition coefficient (Wildman–Crippen LogP) is 4.43. The average molecular weight is 346 g/mol. The second-order valence-corrected chi connectivity index (χ2v) is 6.43. The number of ether oxygens (including phenoxy) is 1. The van der Waals surface area contributed by atoms with Crippen LogP contribution in [0.5, 0.6) is 11.5 Å². The van der Waals surface area contributed by atoms with Crippen molar-refractivity contribution in [2.75, 3.05) is 13.1 Å². The molecular weight excluding hydrogens is 326 g/mol. The number of carboxylic acids is 1. The van der Waals surface area contributed by atoms with Crippen LogP contribution in [0.2, 0.25) is 5.02 Å². The third kappa shape index (κ3) is 4.08. The van der Waals surface area contributed by atoms with E-state index in [2.05, 4.69) is 4.90 Å². The van der Waals surface area contributed by atoms with E-state index in [4.69, 9.17) is 21.4 Å². The Morgan fingerprint density at radius 1 is 1.12 bits per heavy atom. The molecule has 1 heterocycles. The Bertz CT molecular complexity index is 697. The van der Waals surface area contributed by atoms with Crippen LogP contribution in [0.25, 0.3) is 0 Å². The van der Waals surface area contributed by atoms with Gasteiger partial charge in [0.05, 0.1) is 5.92 Å². The molecule has 0 saturated carbocycles. The summed E-state index contributed by atoms with van der Waals surface area (Å²) >= 11 is 6.39. The molecule has 24 heavy (non-hydrogen) atoms. The first kappa shape index (κ1) is 16.8. The highest BCUT2D eigenvalue weighted by atomic mass is 35.5. The Morgan fingerprint density at radius 3 is 2.50 bits per heavy atom. The first-order valence-corrected chi connectivity index (χ1v) is 8.47. The van der Waals surface area contributed by atoms with Crippen LogP contribution in [0.15, 0.2) is 48.5 Å². The summed E-state index contributed by atoms with van der Waals surface area (Å²) in [7, 11) is 0. The van der Waals surface area contributed by atoms with E-state index in [1.807, 2.05) is 48.5 Å². The van der Waals surface area contributed by atoms with Crippen LogP contribution in [0.3, 0.4) is 0 Å². The number of hydrogen-bond acceptors (Lipinski definition) is 3. The van der Waals surface area contributed by atoms with E-state index in [9.17, 15) is 4.79 Å². The van der Waals surface area contributed by atoms with Crippen molar-refractivity contribution in [1.29, 1.82) is 0 Å². The van der Waals surface area contributed by atoms with Gasteiger partial charge in [-0.3, -0.25) is 9.69 Å². The number of nitrogens with zero attached hydrogens (tertiary/aromatic N) is 1. The van der Waals surface area contributed by atoms with Crippen LogP contribution in [0.1, 0.15) is 18.4 Å². The van der Waals surface area contributed by atoms with Crippen molar-refractivity contribution < 1.29 is 14.6 Å². The highest BCUT2D eigenvalue weighted by Crippen LogP contribution is 2.32. The van der Waals surface area contributed by atoms with Gasteiger partial charge < -0.3 is 9.84 Å². The van der Waals surface area contributed by atoms with E-state index < -0.39 is 5.97 Å². The molecule has 1 saturated heterocycles. The number of carboxylic acid groups (broad SMARTS) is 1. The molecular formula is C19H20ClNO3. The number of halogens is 1. The molecule has 4 nitrogen and oxygen atoms in total. The second-order valence-electron chi connectivity index (χ2n) is 6.02. The van der Waals surface area contributed by atoms with Gasteiger partial charge in [0.1, 0.15) is 11.5 Å². The summed E-state index contributed by atoms with van der Waals surface area (Å²) in [4.78, 5) is 13.3. The van der Waals surface area contributed by atoms with E-state index in [0.717, 1.165) is 30.2 Å². The molecule has 126 valence electrons. The zero-order valence-corrected chi connectivity index (χ0v) is 14.1. The van der Waals surface area contributed by atoms with Crippen molar-refractivity contribution in [2.45, 2.75) is 19.4 Å². The molecule has 1 N–H and O–H groups in total. The minimum absolute atomic E-state index is 0.229. The molecule has 1 aliphatic heterocycles. The molecule has 0 aromatic heterocycles. The van der Waals surface area contributed by atoms with Gasteiger partial charge in [-0.15, -0.1) is 0 Å². The van der Waals surface area contributed by atoms with Gasteiger partial charge in [0.25, 0.3) is 0 Å². The Balaban J connectivity index is 1.72. The number of aliphatic carboxylic acids is 1. The number of rotatable bonds is 5. The normalized spacial score (nSPS) is 16.0. The monoisotopic (exact) mass is 345 g/mol. The largest absolute Gasteiger partial charge is 0.481 e. The van der Waals surface area contributed by atoms with Gasteiger partial charge in [-0.05, 0) is 50.2 Å². The van der Waals surface area contributed by atoms with Crippen molar-refractivity contribution in [1.82, 2.24) is 4.90 Å². The van der Waals surface area contributed by atoms with Crippen molar-refractivity contribution in [3.05, 3.63) is 59.1 Å². The molecule has 2 aromatic rings. The fourth-order valence-electron chi connectivity index (χ4n) is 2.97. The van der Waals surface area contributed by atoms with Crippen LogP contribution in [-0.4, -0.2) is 29.1 Å². The molecule has 2 aromatic carbocycles. The molecule has 0 unspecified atom stereocenters. The Kier molecular flexibility index (Phi) is 5.38. The highest BCUT2D eigenvalue weighted by Gasteiger charge is 2.25. The topological polar surface area (TPSA) is 49.8 Å². The van der Waals surface area contributed by atoms with Crippen LogP contribution < -0.4 is 4.74 Å². The fraction of sp³-hybridized carbons (Fsp3) is 0.316. The number of piperidine rings is 1. The van der Waals surface area contributed by atoms with Gasteiger partial charge >= 0.3 is 5.97 Å². The third-order valence-corrected chi connectivity index (χ3v) is 4.72. The van der Waals surface area contributed by atoms with Crippen molar-refractivity contribution in [2.24, 2.45) is 5.92 Å². The number of para-hydroxylation sites is 1. The average Bonchev–Trinajstić information content (AvgIpc) is 2.59. The molecule has 5 heteroatoms. The Morgan fingerprint density at radius 2 is 1.83 bits per heavy atom. The molecule has 1 aliphatic rings. The molecule has 0 aliphatic carbocycles. The molecule has 0 bridgehead atoms. The number of carbonyl (C=O) groups is 1. The first-order valence-electron chi connectivity index (χ1n) is 8.09. The lowest BCUT2D eigenvalue weighted by molar-refractivity contribution is -0.143. The lowest BCUT2D eigenvalue weighted by Crippen LogP contribution is -2.35. The SMILES string of the molecule is O=C(O)C1CCN(Cc2c(Cl)cccc2Oc2ccccc2)CC1. The van der Waals surface area contributed by atoms with E-state index in [1.165, 1.54) is 0 Å². The van der Waals surface area contributed by atoms with Crippen LogP contribution in [-0.2, 0) is 11.3 Å². The van der Waals surface area contributed by atoms with E-state index in [1.54, 1.807) is 0 Å². The van der Waals surface area contributed by atoms with Crippen LogP contribution >= 0.6 is 11.6 Å². The highest BCUT2D eigenvalue weighted by molar-refractivity contribution is 6.31. The molecule has 0 radical (unpaired) electrons. The second kappa shape index (κ2) is 7.69. The lowest BCUT2D eigenvalue weighted by Gasteiger charge is -2.30. The smallest absolute Gasteiger partial charge is 0.306 e. The third-order valence-electron chi connectivity index (χ3n) is 4.37. The standard InChI is InChI=1S/C19H20ClNO3/c20-17-7-4-8-18(24-15-5-2-1-3-6-15)16(17)13-21-11-9-14(10-12-21)19(22)23/h1-8,14H,9-13H2,(H,22,23). The Labute approximate surface area is 146 Å². The summed E-state index contributed by atoms with van der Waals surface area (Å²) in [6.07, 6.45) is 1.35. The van der Waals surface area contributed by atoms with E-state index in [0.29, 0.717) is 24.4 Å². The molecule has 3 rings (SSSR count). The van der Waals surface area contributed by atoms with Crippen LogP contribution in [0, 0.1) is 5.92 Å². The van der Waals surface area contributed by atoms with Crippen molar-refractivity contribution in [3.63, 3.8) is 0 Å².